The summed E-state index contributed by atoms with van der Waals surface area (Å²) < 4.78 is 0. The van der Waals surface area contributed by atoms with Gasteiger partial charge in [-0.15, -0.1) is 0 Å². The lowest BCUT2D eigenvalue weighted by Gasteiger charge is -2.29. The number of fused-ring (bicyclic) bond motifs is 2. The van der Waals surface area contributed by atoms with Gasteiger partial charge in [-0.05, 0) is 31.0 Å². The van der Waals surface area contributed by atoms with Gasteiger partial charge in [0.05, 0.1) is 18.7 Å². The van der Waals surface area contributed by atoms with Gasteiger partial charge in [0.2, 0.25) is 0 Å². The Kier molecular flexibility index (Phi) is 4.37. The predicted molar refractivity (Wildman–Crippen MR) is 111 cm³/mol. The zero-order valence-corrected chi connectivity index (χ0v) is 17.3. The Morgan fingerprint density at radius 3 is 2.87 bits per heavy atom. The molecule has 156 valence electrons. The molecule has 1 aliphatic carbocycles. The normalized spacial score (nSPS) is 17.1. The van der Waals surface area contributed by atoms with E-state index >= 15 is 0 Å². The van der Waals surface area contributed by atoms with Crippen LogP contribution in [0, 0.1) is 0 Å². The molecule has 2 aliphatic rings. The third kappa shape index (κ3) is 2.90. The van der Waals surface area contributed by atoms with E-state index in [0.29, 0.717) is 35.9 Å². The number of benzene rings is 1. The maximum Gasteiger partial charge on any atom is 0.274 e. The highest BCUT2D eigenvalue weighted by atomic mass is 35.5. The molecule has 0 unspecified atom stereocenters. The van der Waals surface area contributed by atoms with E-state index in [1.54, 1.807) is 29.0 Å². The largest absolute Gasteiger partial charge is 0.394 e. The topological polar surface area (TPSA) is 105 Å². The van der Waals surface area contributed by atoms with Crippen LogP contribution in [-0.2, 0) is 13.0 Å². The Bertz CT molecular complexity index is 1160. The molecule has 0 bridgehead atoms. The maximum absolute atomic E-state index is 13.1. The lowest BCUT2D eigenvalue weighted by atomic mass is 10.0. The fourth-order valence-electron chi connectivity index (χ4n) is 4.17. The summed E-state index contributed by atoms with van der Waals surface area (Å²) in [4.78, 5) is 32.6. The van der Waals surface area contributed by atoms with E-state index in [4.69, 9.17) is 11.6 Å². The summed E-state index contributed by atoms with van der Waals surface area (Å²) in [6.45, 7) is 0.769. The van der Waals surface area contributed by atoms with E-state index in [-0.39, 0.29) is 18.4 Å². The second-order valence-corrected chi connectivity index (χ2v) is 8.54. The number of rotatable bonds is 4. The number of H-pyrrole nitrogens is 2. The molecule has 5 rings (SSSR count). The van der Waals surface area contributed by atoms with Gasteiger partial charge in [-0.2, -0.15) is 5.10 Å². The molecule has 9 heteroatoms. The zero-order chi connectivity index (χ0) is 21.0. The van der Waals surface area contributed by atoms with Crippen molar-refractivity contribution >= 4 is 34.3 Å². The van der Waals surface area contributed by atoms with Crippen molar-refractivity contribution in [1.82, 2.24) is 25.0 Å². The zero-order valence-electron chi connectivity index (χ0n) is 16.5. The number of nitrogens with one attached hydrogen (secondary N) is 2. The van der Waals surface area contributed by atoms with Gasteiger partial charge >= 0.3 is 0 Å². The second-order valence-electron chi connectivity index (χ2n) is 8.14. The van der Waals surface area contributed by atoms with Gasteiger partial charge in [-0.3, -0.25) is 14.7 Å². The number of aliphatic hydroxyl groups excluding tert-OH is 1. The first-order valence-corrected chi connectivity index (χ1v) is 10.3. The van der Waals surface area contributed by atoms with Crippen molar-refractivity contribution in [2.24, 2.45) is 0 Å². The number of aromatic amines is 2. The summed E-state index contributed by atoms with van der Waals surface area (Å²) in [6, 6.07) is 7.27. The Morgan fingerprint density at radius 1 is 1.37 bits per heavy atom. The third-order valence-electron chi connectivity index (χ3n) is 6.40. The minimum Gasteiger partial charge on any atom is -0.394 e. The van der Waals surface area contributed by atoms with Crippen molar-refractivity contribution in [2.75, 3.05) is 20.2 Å². The molecular weight excluding hydrogens is 406 g/mol. The van der Waals surface area contributed by atoms with Crippen LogP contribution >= 0.6 is 11.6 Å². The van der Waals surface area contributed by atoms with E-state index in [1.807, 2.05) is 12.1 Å². The van der Waals surface area contributed by atoms with Gasteiger partial charge in [0.25, 0.3) is 11.8 Å². The summed E-state index contributed by atoms with van der Waals surface area (Å²) in [5.74, 6) is -0.374. The lowest BCUT2D eigenvalue weighted by Crippen LogP contribution is -2.42. The molecule has 0 saturated heterocycles. The molecule has 8 nitrogen and oxygen atoms in total. The highest BCUT2D eigenvalue weighted by molar-refractivity contribution is 6.35. The number of carbonyl (C=O) groups is 2. The molecule has 3 heterocycles. The van der Waals surface area contributed by atoms with Crippen LogP contribution in [0.25, 0.3) is 10.9 Å². The standard InChI is InChI=1S/C21H22ClN5O3/c1-26(21(11-28)6-7-21)20(30)18-13-10-27(8-5-16(13)24-25-18)19(29)17-9-12-14(22)3-2-4-15(12)23-17/h2-4,9,23,28H,5-8,10-11H2,1H3,(H,24,25). The van der Waals surface area contributed by atoms with Crippen LogP contribution in [0.4, 0.5) is 0 Å². The van der Waals surface area contributed by atoms with Crippen molar-refractivity contribution in [3.63, 3.8) is 0 Å². The van der Waals surface area contributed by atoms with Crippen molar-refractivity contribution in [3.8, 4) is 0 Å². The minimum atomic E-state index is -0.475. The van der Waals surface area contributed by atoms with E-state index < -0.39 is 5.54 Å². The van der Waals surface area contributed by atoms with E-state index in [1.165, 1.54) is 0 Å². The van der Waals surface area contributed by atoms with Crippen LogP contribution in [0.5, 0.6) is 0 Å². The molecule has 1 aliphatic heterocycles. The molecular formula is C21H22ClN5O3. The van der Waals surface area contributed by atoms with Gasteiger partial charge < -0.3 is 19.9 Å². The molecule has 2 aromatic heterocycles. The molecule has 1 aromatic carbocycles. The van der Waals surface area contributed by atoms with Gasteiger partial charge in [-0.25, -0.2) is 0 Å². The average molecular weight is 428 g/mol. The molecule has 30 heavy (non-hydrogen) atoms. The highest BCUT2D eigenvalue weighted by Crippen LogP contribution is 2.41. The first-order valence-electron chi connectivity index (χ1n) is 9.95. The van der Waals surface area contributed by atoms with Crippen LogP contribution in [0.2, 0.25) is 5.02 Å². The van der Waals surface area contributed by atoms with Crippen LogP contribution in [0.15, 0.2) is 24.3 Å². The number of halogens is 1. The van der Waals surface area contributed by atoms with Gasteiger partial charge in [0.1, 0.15) is 5.69 Å². The average Bonchev–Trinajstić information content (AvgIpc) is 3.25. The Labute approximate surface area is 177 Å². The summed E-state index contributed by atoms with van der Waals surface area (Å²) in [5.41, 5.74) is 2.75. The fraction of sp³-hybridized carbons (Fsp3) is 0.381. The number of likely N-dealkylation sites (N-methyl/N-ethyl adjacent to an activating group) is 1. The molecule has 3 N–H and O–H groups in total. The lowest BCUT2D eigenvalue weighted by molar-refractivity contribution is 0.0607. The monoisotopic (exact) mass is 427 g/mol. The number of nitrogens with zero attached hydrogens (tertiary/aromatic N) is 3. The molecule has 1 saturated carbocycles. The van der Waals surface area contributed by atoms with E-state index in [2.05, 4.69) is 15.2 Å². The van der Waals surface area contributed by atoms with Gasteiger partial charge in [-0.1, -0.05) is 17.7 Å². The van der Waals surface area contributed by atoms with Crippen molar-refractivity contribution in [3.05, 3.63) is 51.9 Å². The van der Waals surface area contributed by atoms with Crippen molar-refractivity contribution in [1.29, 1.82) is 0 Å². The Morgan fingerprint density at radius 2 is 2.17 bits per heavy atom. The maximum atomic E-state index is 13.1. The molecule has 0 atom stereocenters. The number of carbonyl (C=O) groups excluding carboxylic acids is 2. The molecule has 0 radical (unpaired) electrons. The Balaban J connectivity index is 1.40. The summed E-state index contributed by atoms with van der Waals surface area (Å²) in [6.07, 6.45) is 2.16. The first-order chi connectivity index (χ1) is 14.4. The van der Waals surface area contributed by atoms with E-state index in [9.17, 15) is 14.7 Å². The minimum absolute atomic E-state index is 0.0601. The van der Waals surface area contributed by atoms with Crippen LogP contribution < -0.4 is 0 Å². The van der Waals surface area contributed by atoms with Gasteiger partial charge in [0.15, 0.2) is 5.69 Å². The second kappa shape index (κ2) is 6.85. The number of hydrogen-bond acceptors (Lipinski definition) is 4. The molecule has 0 spiro atoms. The number of hydrogen-bond donors (Lipinski definition) is 3. The predicted octanol–water partition coefficient (Wildman–Crippen LogP) is 2.34. The van der Waals surface area contributed by atoms with Crippen molar-refractivity contribution in [2.45, 2.75) is 31.3 Å². The van der Waals surface area contributed by atoms with Crippen LogP contribution in [0.3, 0.4) is 0 Å². The molecule has 3 aromatic rings. The SMILES string of the molecule is CN(C(=O)c1n[nH]c2c1CN(C(=O)c1cc3c(Cl)cccc3[nH]1)CC2)C1(CO)CC1. The number of aliphatic hydroxyl groups is 1. The third-order valence-corrected chi connectivity index (χ3v) is 6.73. The summed E-state index contributed by atoms with van der Waals surface area (Å²) in [5, 5.41) is 18.2. The van der Waals surface area contributed by atoms with Gasteiger partial charge in [0, 0.05) is 47.2 Å². The summed E-state index contributed by atoms with van der Waals surface area (Å²) >= 11 is 6.23. The fourth-order valence-corrected chi connectivity index (χ4v) is 4.40. The first kappa shape index (κ1) is 19.1. The highest BCUT2D eigenvalue weighted by Gasteiger charge is 2.49. The molecule has 1 fully saturated rings. The molecule has 2 amide bonds. The van der Waals surface area contributed by atoms with Crippen LogP contribution in [-0.4, -0.2) is 67.6 Å². The van der Waals surface area contributed by atoms with Crippen molar-refractivity contribution < 1.29 is 14.7 Å². The quantitative estimate of drug-likeness (QED) is 0.594. The number of amides is 2. The Hall–Kier alpha value is -2.84. The number of aromatic nitrogens is 3. The van der Waals surface area contributed by atoms with Crippen LogP contribution in [0.1, 0.15) is 45.1 Å². The van der Waals surface area contributed by atoms with E-state index in [0.717, 1.165) is 35.0 Å². The smallest absolute Gasteiger partial charge is 0.274 e. The summed E-state index contributed by atoms with van der Waals surface area (Å²) in [7, 11) is 1.70.